The Morgan fingerprint density at radius 2 is 1.08 bits per heavy atom. The molecule has 0 aromatic carbocycles. The molecule has 0 fully saturated rings. The summed E-state index contributed by atoms with van der Waals surface area (Å²) in [6.07, 6.45) is 2.30. The molecule has 0 heterocycles. The molecule has 132 valence electrons. The van der Waals surface area contributed by atoms with Gasteiger partial charge in [0.15, 0.2) is 0 Å². The van der Waals surface area contributed by atoms with Crippen LogP contribution >= 0.6 is 0 Å². The van der Waals surface area contributed by atoms with Crippen molar-refractivity contribution in [1.29, 1.82) is 0 Å². The van der Waals surface area contributed by atoms with E-state index in [4.69, 9.17) is 18.9 Å². The molecule has 0 saturated carbocycles. The first kappa shape index (κ1) is 18.4. The molecule has 6 nitrogen and oxygen atoms in total. The van der Waals surface area contributed by atoms with Gasteiger partial charge in [0.05, 0.1) is 38.6 Å². The fourth-order valence-corrected chi connectivity index (χ4v) is 3.32. The van der Waals surface area contributed by atoms with Crippen molar-refractivity contribution in [3.8, 4) is 0 Å². The number of hydrogen-bond acceptors (Lipinski definition) is 6. The van der Waals surface area contributed by atoms with Crippen molar-refractivity contribution in [2.45, 2.75) is 25.7 Å². The Balaban J connectivity index is 2.30. The van der Waals surface area contributed by atoms with Crippen LogP contribution in [0.4, 0.5) is 0 Å². The first-order valence-corrected chi connectivity index (χ1v) is 7.81. The zero-order chi connectivity index (χ0) is 17.7. The summed E-state index contributed by atoms with van der Waals surface area (Å²) in [4.78, 5) is 24.2. The monoisotopic (exact) mass is 336 g/mol. The third-order valence-electron chi connectivity index (χ3n) is 4.50. The van der Waals surface area contributed by atoms with E-state index in [1.807, 2.05) is 0 Å². The van der Waals surface area contributed by atoms with Gasteiger partial charge in [-0.05, 0) is 24.0 Å². The van der Waals surface area contributed by atoms with Crippen molar-refractivity contribution in [3.05, 3.63) is 33.4 Å². The first-order valence-electron chi connectivity index (χ1n) is 7.81. The van der Waals surface area contributed by atoms with E-state index >= 15 is 0 Å². The smallest absolute Gasteiger partial charge is 0.334 e. The van der Waals surface area contributed by atoms with Crippen LogP contribution < -0.4 is 0 Å². The second kappa shape index (κ2) is 8.26. The second-order valence-electron chi connectivity index (χ2n) is 5.93. The number of carbonyl (C=O) groups is 2. The maximum absolute atomic E-state index is 12.1. The van der Waals surface area contributed by atoms with Crippen LogP contribution in [0.25, 0.3) is 0 Å². The van der Waals surface area contributed by atoms with Gasteiger partial charge in [0.1, 0.15) is 0 Å². The molecule has 6 heteroatoms. The summed E-state index contributed by atoms with van der Waals surface area (Å²) in [5.74, 6) is -0.941. The molecule has 2 aliphatic rings. The highest BCUT2D eigenvalue weighted by molar-refractivity contribution is 6.01. The van der Waals surface area contributed by atoms with E-state index in [-0.39, 0.29) is 0 Å². The standard InChI is InChI=1S/C18H24O6/c1-21-9-13-5-11-7-15(17(19)23-3)16(18(20)24-4)8-12(11)6-14(13)10-22-2/h5-10H2,1-4H3. The van der Waals surface area contributed by atoms with Gasteiger partial charge in [0.25, 0.3) is 0 Å². The van der Waals surface area contributed by atoms with E-state index in [1.165, 1.54) is 25.4 Å². The van der Waals surface area contributed by atoms with Gasteiger partial charge < -0.3 is 18.9 Å². The molecule has 0 spiro atoms. The summed E-state index contributed by atoms with van der Waals surface area (Å²) in [6, 6.07) is 0. The van der Waals surface area contributed by atoms with Crippen molar-refractivity contribution in [1.82, 2.24) is 0 Å². The SMILES string of the molecule is COCC1=C(COC)CC2=C(C1)CC(C(=O)OC)=C(C(=O)OC)C2. The van der Waals surface area contributed by atoms with E-state index in [2.05, 4.69) is 0 Å². The summed E-state index contributed by atoms with van der Waals surface area (Å²) in [5, 5.41) is 0. The van der Waals surface area contributed by atoms with Gasteiger partial charge in [-0.1, -0.05) is 11.1 Å². The summed E-state index contributed by atoms with van der Waals surface area (Å²) >= 11 is 0. The highest BCUT2D eigenvalue weighted by atomic mass is 16.5. The van der Waals surface area contributed by atoms with Gasteiger partial charge in [0.2, 0.25) is 0 Å². The summed E-state index contributed by atoms with van der Waals surface area (Å²) in [5.41, 5.74) is 5.49. The van der Waals surface area contributed by atoms with Crippen LogP contribution in [0.2, 0.25) is 0 Å². The normalized spacial score (nSPS) is 17.8. The van der Waals surface area contributed by atoms with Crippen molar-refractivity contribution < 1.29 is 28.5 Å². The average molecular weight is 336 g/mol. The third kappa shape index (κ3) is 3.76. The lowest BCUT2D eigenvalue weighted by atomic mass is 9.76. The Hall–Kier alpha value is -1.92. The molecular weight excluding hydrogens is 312 g/mol. The van der Waals surface area contributed by atoms with Crippen molar-refractivity contribution in [3.63, 3.8) is 0 Å². The number of allylic oxidation sites excluding steroid dienone is 2. The summed E-state index contributed by atoms with van der Waals surface area (Å²) in [6.45, 7) is 1.08. The van der Waals surface area contributed by atoms with Crippen LogP contribution in [-0.2, 0) is 28.5 Å². The lowest BCUT2D eigenvalue weighted by Crippen LogP contribution is -2.23. The van der Waals surface area contributed by atoms with E-state index in [1.54, 1.807) is 14.2 Å². The minimum Gasteiger partial charge on any atom is -0.466 e. The minimum absolute atomic E-state index is 0.398. The molecule has 0 N–H and O–H groups in total. The number of carbonyl (C=O) groups excluding carboxylic acids is 2. The number of ether oxygens (including phenoxy) is 4. The Morgan fingerprint density at radius 3 is 1.38 bits per heavy atom. The van der Waals surface area contributed by atoms with Crippen molar-refractivity contribution >= 4 is 11.9 Å². The molecule has 2 rings (SSSR count). The molecular formula is C18H24O6. The van der Waals surface area contributed by atoms with Gasteiger partial charge in [-0.25, -0.2) is 9.59 Å². The molecule has 0 aromatic rings. The van der Waals surface area contributed by atoms with Gasteiger partial charge in [-0.3, -0.25) is 0 Å². The van der Waals surface area contributed by atoms with Crippen LogP contribution in [0.1, 0.15) is 25.7 Å². The van der Waals surface area contributed by atoms with Crippen LogP contribution in [0, 0.1) is 0 Å². The number of rotatable bonds is 6. The predicted octanol–water partition coefficient (Wildman–Crippen LogP) is 2.10. The Kier molecular flexibility index (Phi) is 6.34. The molecule has 24 heavy (non-hydrogen) atoms. The lowest BCUT2D eigenvalue weighted by molar-refractivity contribution is -0.139. The molecule has 0 atom stereocenters. The van der Waals surface area contributed by atoms with Gasteiger partial charge in [-0.2, -0.15) is 0 Å². The summed E-state index contributed by atoms with van der Waals surface area (Å²) in [7, 11) is 5.97. The first-order chi connectivity index (χ1) is 11.5. The molecule has 0 radical (unpaired) electrons. The quantitative estimate of drug-likeness (QED) is 0.546. The average Bonchev–Trinajstić information content (AvgIpc) is 2.60. The zero-order valence-corrected chi connectivity index (χ0v) is 14.7. The Labute approximate surface area is 142 Å². The molecule has 0 aromatic heterocycles. The maximum Gasteiger partial charge on any atom is 0.334 e. The van der Waals surface area contributed by atoms with E-state index in [9.17, 15) is 9.59 Å². The molecule has 0 unspecified atom stereocenters. The summed E-state index contributed by atoms with van der Waals surface area (Å²) < 4.78 is 20.3. The fourth-order valence-electron chi connectivity index (χ4n) is 3.32. The largest absolute Gasteiger partial charge is 0.466 e. The van der Waals surface area contributed by atoms with Gasteiger partial charge in [-0.15, -0.1) is 0 Å². The lowest BCUT2D eigenvalue weighted by Gasteiger charge is -2.30. The molecule has 0 saturated heterocycles. The maximum atomic E-state index is 12.1. The fraction of sp³-hybridized carbons (Fsp3) is 0.556. The Bertz CT molecular complexity index is 571. The van der Waals surface area contributed by atoms with E-state index < -0.39 is 11.9 Å². The highest BCUT2D eigenvalue weighted by Gasteiger charge is 2.32. The van der Waals surface area contributed by atoms with Crippen LogP contribution in [0.3, 0.4) is 0 Å². The van der Waals surface area contributed by atoms with Crippen LogP contribution in [-0.4, -0.2) is 53.6 Å². The van der Waals surface area contributed by atoms with Crippen LogP contribution in [0.5, 0.6) is 0 Å². The molecule has 0 bridgehead atoms. The van der Waals surface area contributed by atoms with Gasteiger partial charge in [0, 0.05) is 27.1 Å². The van der Waals surface area contributed by atoms with E-state index in [0.717, 1.165) is 24.0 Å². The molecule has 0 aliphatic heterocycles. The van der Waals surface area contributed by atoms with Crippen LogP contribution in [0.15, 0.2) is 33.4 Å². The van der Waals surface area contributed by atoms with E-state index in [0.29, 0.717) is 37.2 Å². The van der Waals surface area contributed by atoms with Gasteiger partial charge >= 0.3 is 11.9 Å². The number of methoxy groups -OCH3 is 4. The topological polar surface area (TPSA) is 71.1 Å². The van der Waals surface area contributed by atoms with Crippen molar-refractivity contribution in [2.75, 3.05) is 41.7 Å². The number of esters is 2. The predicted molar refractivity (Wildman–Crippen MR) is 87.3 cm³/mol. The number of hydrogen-bond donors (Lipinski definition) is 0. The van der Waals surface area contributed by atoms with Crippen molar-refractivity contribution in [2.24, 2.45) is 0 Å². The zero-order valence-electron chi connectivity index (χ0n) is 14.7. The molecule has 2 aliphatic carbocycles. The minimum atomic E-state index is -0.470. The third-order valence-corrected chi connectivity index (χ3v) is 4.50. The highest BCUT2D eigenvalue weighted by Crippen LogP contribution is 2.41. The Morgan fingerprint density at radius 1 is 0.708 bits per heavy atom. The second-order valence-corrected chi connectivity index (χ2v) is 5.93. The molecule has 0 amide bonds.